The zero-order valence-corrected chi connectivity index (χ0v) is 25.9. The molecule has 3 heterocycles. The quantitative estimate of drug-likeness (QED) is 0.108. The zero-order valence-electron chi connectivity index (χ0n) is 23.2. The summed E-state index contributed by atoms with van der Waals surface area (Å²) in [5, 5.41) is 8.41. The van der Waals surface area contributed by atoms with Gasteiger partial charge in [0, 0.05) is 35.6 Å². The number of hydrogen-bond acceptors (Lipinski definition) is 7. The molecule has 38 heavy (non-hydrogen) atoms. The van der Waals surface area contributed by atoms with Crippen LogP contribution in [0, 0.1) is 0 Å². The Kier molecular flexibility index (Phi) is 9.04. The van der Waals surface area contributed by atoms with E-state index >= 15 is 0 Å². The maximum atomic E-state index is 6.16. The summed E-state index contributed by atoms with van der Waals surface area (Å²) in [4.78, 5) is 13.2. The molecule has 0 saturated heterocycles. The Labute approximate surface area is 231 Å². The van der Waals surface area contributed by atoms with Crippen molar-refractivity contribution in [2.24, 2.45) is 0 Å². The molecular weight excluding hydrogens is 534 g/mol. The van der Waals surface area contributed by atoms with Crippen LogP contribution in [0.1, 0.15) is 0 Å². The molecule has 0 unspecified atom stereocenters. The molecule has 0 spiro atoms. The maximum absolute atomic E-state index is 6.16. The molecule has 9 nitrogen and oxygen atoms in total. The second-order valence-corrected chi connectivity index (χ2v) is 23.4. The van der Waals surface area contributed by atoms with Gasteiger partial charge in [0.25, 0.3) is 0 Å². The lowest BCUT2D eigenvalue weighted by molar-refractivity contribution is 0.0786. The number of halogens is 1. The highest BCUT2D eigenvalue weighted by molar-refractivity contribution is 6.76. The second-order valence-electron chi connectivity index (χ2n) is 11.8. The van der Waals surface area contributed by atoms with Gasteiger partial charge < -0.3 is 14.8 Å². The number of benzene rings is 1. The minimum absolute atomic E-state index is 0.168. The predicted molar refractivity (Wildman–Crippen MR) is 159 cm³/mol. The Hall–Kier alpha value is -2.58. The molecule has 0 amide bonds. The van der Waals surface area contributed by atoms with Gasteiger partial charge in [0.1, 0.15) is 19.3 Å². The van der Waals surface area contributed by atoms with Gasteiger partial charge in [0.2, 0.25) is 5.28 Å². The number of rotatable bonds is 13. The van der Waals surface area contributed by atoms with Gasteiger partial charge in [-0.05, 0) is 41.9 Å². The molecule has 0 aliphatic heterocycles. The lowest BCUT2D eigenvalue weighted by Crippen LogP contribution is -2.22. The molecule has 0 saturated carbocycles. The Morgan fingerprint density at radius 3 is 2.26 bits per heavy atom. The molecule has 0 aliphatic carbocycles. The van der Waals surface area contributed by atoms with Crippen LogP contribution in [0.5, 0.6) is 0 Å². The SMILES string of the molecule is C[Si](C)(C)CCOCn1cc(Nc2ccnc(Cl)n2)c(-c2nc3ccccc3n2COCC[Si](C)(C)C)n1. The minimum Gasteiger partial charge on any atom is -0.361 e. The molecule has 4 aromatic rings. The molecule has 0 fully saturated rings. The normalized spacial score (nSPS) is 12.4. The third-order valence-corrected chi connectivity index (χ3v) is 9.54. The Bertz CT molecular complexity index is 1360. The van der Waals surface area contributed by atoms with E-state index in [1.807, 2.05) is 24.4 Å². The summed E-state index contributed by atoms with van der Waals surface area (Å²) in [7, 11) is -2.39. The van der Waals surface area contributed by atoms with Gasteiger partial charge in [-0.15, -0.1) is 0 Å². The molecule has 3 aromatic heterocycles. The highest BCUT2D eigenvalue weighted by Crippen LogP contribution is 2.31. The van der Waals surface area contributed by atoms with Crippen LogP contribution in [0.25, 0.3) is 22.6 Å². The molecule has 0 bridgehead atoms. The van der Waals surface area contributed by atoms with Gasteiger partial charge in [-0.2, -0.15) is 5.10 Å². The monoisotopic (exact) mass is 571 g/mol. The summed E-state index contributed by atoms with van der Waals surface area (Å²) in [6.07, 6.45) is 3.53. The molecule has 4 rings (SSSR count). The van der Waals surface area contributed by atoms with Crippen LogP contribution in [-0.2, 0) is 22.9 Å². The number of nitrogens with one attached hydrogen (secondary N) is 1. The van der Waals surface area contributed by atoms with Crippen LogP contribution in [0.3, 0.4) is 0 Å². The highest BCUT2D eigenvalue weighted by atomic mass is 35.5. The Morgan fingerprint density at radius 1 is 0.895 bits per heavy atom. The number of ether oxygens (including phenoxy) is 2. The van der Waals surface area contributed by atoms with Gasteiger partial charge >= 0.3 is 0 Å². The summed E-state index contributed by atoms with van der Waals surface area (Å²) in [5.74, 6) is 1.28. The first-order valence-corrected chi connectivity index (χ1v) is 20.7. The first kappa shape index (κ1) is 28.4. The number of nitrogens with zero attached hydrogens (tertiary/aromatic N) is 6. The molecule has 0 radical (unpaired) electrons. The summed E-state index contributed by atoms with van der Waals surface area (Å²) in [5.41, 5.74) is 3.30. The minimum atomic E-state index is -1.20. The number of para-hydroxylation sites is 2. The summed E-state index contributed by atoms with van der Waals surface area (Å²) < 4.78 is 16.0. The van der Waals surface area contributed by atoms with Crippen molar-refractivity contribution in [1.29, 1.82) is 0 Å². The van der Waals surface area contributed by atoms with Crippen LogP contribution in [0.15, 0.2) is 42.7 Å². The van der Waals surface area contributed by atoms with Gasteiger partial charge in [0.05, 0.1) is 22.9 Å². The Morgan fingerprint density at radius 2 is 1.58 bits per heavy atom. The standard InChI is InChI=1S/C26H38ClN7O2Si2/c1-37(2,3)15-13-35-18-33-17-21(29-23-11-12-28-26(27)31-23)24(32-33)25-30-20-9-7-8-10-22(20)34(25)19-36-14-16-38(4,5)6/h7-12,17H,13-16,18-19H2,1-6H3,(H,28,29,31). The molecule has 1 aromatic carbocycles. The van der Waals surface area contributed by atoms with E-state index in [0.717, 1.165) is 28.8 Å². The molecule has 204 valence electrons. The first-order chi connectivity index (χ1) is 18.0. The number of fused-ring (bicyclic) bond motifs is 1. The van der Waals surface area contributed by atoms with Crippen molar-refractivity contribution in [2.45, 2.75) is 64.8 Å². The molecular formula is C26H38ClN7O2Si2. The molecule has 0 aliphatic rings. The lowest BCUT2D eigenvalue weighted by Gasteiger charge is -2.16. The fraction of sp³-hybridized carbons (Fsp3) is 0.462. The third kappa shape index (κ3) is 7.96. The van der Waals surface area contributed by atoms with Crippen molar-refractivity contribution in [3.63, 3.8) is 0 Å². The van der Waals surface area contributed by atoms with E-state index in [1.54, 1.807) is 16.9 Å². The van der Waals surface area contributed by atoms with E-state index in [-0.39, 0.29) is 5.28 Å². The fourth-order valence-electron chi connectivity index (χ4n) is 3.74. The highest BCUT2D eigenvalue weighted by Gasteiger charge is 2.21. The molecule has 0 atom stereocenters. The second kappa shape index (κ2) is 12.1. The van der Waals surface area contributed by atoms with Crippen LogP contribution in [0.4, 0.5) is 11.5 Å². The predicted octanol–water partition coefficient (Wildman–Crippen LogP) is 6.71. The summed E-state index contributed by atoms with van der Waals surface area (Å²) in [6.45, 7) is 16.2. The maximum Gasteiger partial charge on any atom is 0.224 e. The van der Waals surface area contributed by atoms with E-state index in [4.69, 9.17) is 31.2 Å². The van der Waals surface area contributed by atoms with Crippen LogP contribution in [-0.4, -0.2) is 58.7 Å². The van der Waals surface area contributed by atoms with E-state index in [9.17, 15) is 0 Å². The summed E-state index contributed by atoms with van der Waals surface area (Å²) in [6, 6.07) is 12.0. The molecule has 1 N–H and O–H groups in total. The van der Waals surface area contributed by atoms with Crippen LogP contribution < -0.4 is 5.32 Å². The Balaban J connectivity index is 1.66. The average Bonchev–Trinajstić information content (AvgIpc) is 3.39. The van der Waals surface area contributed by atoms with Crippen molar-refractivity contribution < 1.29 is 9.47 Å². The topological polar surface area (TPSA) is 91.9 Å². The number of aromatic nitrogens is 6. The third-order valence-electron chi connectivity index (χ3n) is 5.95. The fourth-order valence-corrected chi connectivity index (χ4v) is 5.41. The number of hydrogen-bond donors (Lipinski definition) is 1. The van der Waals surface area contributed by atoms with Gasteiger partial charge in [-0.25, -0.2) is 19.6 Å². The smallest absolute Gasteiger partial charge is 0.224 e. The van der Waals surface area contributed by atoms with Crippen LogP contribution in [0.2, 0.25) is 56.7 Å². The van der Waals surface area contributed by atoms with Crippen molar-refractivity contribution in [3.05, 3.63) is 48.0 Å². The number of imidazole rings is 1. The summed E-state index contributed by atoms with van der Waals surface area (Å²) >= 11 is 6.05. The largest absolute Gasteiger partial charge is 0.361 e. The zero-order chi connectivity index (χ0) is 27.3. The first-order valence-electron chi connectivity index (χ1n) is 12.9. The number of anilines is 2. The van der Waals surface area contributed by atoms with Crippen molar-refractivity contribution >= 4 is 50.3 Å². The van der Waals surface area contributed by atoms with Gasteiger partial charge in [0.15, 0.2) is 11.5 Å². The van der Waals surface area contributed by atoms with Gasteiger partial charge in [-0.1, -0.05) is 51.4 Å². The lowest BCUT2D eigenvalue weighted by atomic mass is 10.3. The van der Waals surface area contributed by atoms with E-state index in [1.165, 1.54) is 0 Å². The van der Waals surface area contributed by atoms with Crippen molar-refractivity contribution in [3.8, 4) is 11.5 Å². The van der Waals surface area contributed by atoms with E-state index < -0.39 is 16.1 Å². The molecule has 12 heteroatoms. The van der Waals surface area contributed by atoms with E-state index in [2.05, 4.69) is 65.2 Å². The van der Waals surface area contributed by atoms with Crippen molar-refractivity contribution in [2.75, 3.05) is 18.5 Å². The van der Waals surface area contributed by atoms with Crippen molar-refractivity contribution in [1.82, 2.24) is 29.3 Å². The van der Waals surface area contributed by atoms with E-state index in [0.29, 0.717) is 44.0 Å². The average molecular weight is 572 g/mol. The van der Waals surface area contributed by atoms with Crippen LogP contribution >= 0.6 is 11.6 Å². The van der Waals surface area contributed by atoms with Gasteiger partial charge in [-0.3, -0.25) is 4.57 Å².